The molecule has 120 valence electrons. The predicted molar refractivity (Wildman–Crippen MR) is 87.2 cm³/mol. The molecule has 4 rings (SSSR count). The van der Waals surface area contributed by atoms with Crippen molar-refractivity contribution in [3.05, 3.63) is 16.1 Å². The third-order valence-corrected chi connectivity index (χ3v) is 5.94. The molecule has 2 aliphatic carbocycles. The topological polar surface area (TPSA) is 48.5 Å². The number of nitrogens with one attached hydrogen (secondary N) is 1. The number of carbonyl (C=O) groups excluding carboxylic acids is 1. The van der Waals surface area contributed by atoms with Crippen LogP contribution in [0, 0.1) is 0 Å². The fraction of sp³-hybridized carbons (Fsp3) is 0.750. The molecular formula is C16H24N4OS. The van der Waals surface area contributed by atoms with Crippen LogP contribution in [0.15, 0.2) is 5.38 Å². The average molecular weight is 320 g/mol. The third-order valence-electron chi connectivity index (χ3n) is 4.91. The lowest BCUT2D eigenvalue weighted by Crippen LogP contribution is -2.52. The summed E-state index contributed by atoms with van der Waals surface area (Å²) in [5, 5.41) is 6.46. The Labute approximate surface area is 135 Å². The Morgan fingerprint density at radius 1 is 1.27 bits per heavy atom. The first-order valence-electron chi connectivity index (χ1n) is 8.45. The van der Waals surface area contributed by atoms with Crippen molar-refractivity contribution in [2.75, 3.05) is 26.2 Å². The van der Waals surface area contributed by atoms with Gasteiger partial charge in [0.2, 0.25) is 0 Å². The number of carbonyl (C=O) groups is 1. The van der Waals surface area contributed by atoms with Crippen LogP contribution in [0.3, 0.4) is 0 Å². The normalized spacial score (nSPS) is 24.3. The van der Waals surface area contributed by atoms with Crippen molar-refractivity contribution in [1.82, 2.24) is 20.1 Å². The van der Waals surface area contributed by atoms with E-state index in [4.69, 9.17) is 4.98 Å². The highest BCUT2D eigenvalue weighted by atomic mass is 32.1. The number of rotatable bonds is 4. The fourth-order valence-corrected chi connectivity index (χ4v) is 4.18. The summed E-state index contributed by atoms with van der Waals surface area (Å²) < 4.78 is 0. The lowest BCUT2D eigenvalue weighted by molar-refractivity contribution is 0.133. The summed E-state index contributed by atoms with van der Waals surface area (Å²) in [7, 11) is 0. The van der Waals surface area contributed by atoms with Gasteiger partial charge in [0, 0.05) is 43.5 Å². The quantitative estimate of drug-likeness (QED) is 0.927. The van der Waals surface area contributed by atoms with E-state index in [1.165, 1.54) is 30.7 Å². The number of piperazine rings is 1. The van der Waals surface area contributed by atoms with E-state index >= 15 is 0 Å². The van der Waals surface area contributed by atoms with E-state index in [0.29, 0.717) is 5.92 Å². The lowest BCUT2D eigenvalue weighted by Gasteiger charge is -2.35. The van der Waals surface area contributed by atoms with Crippen LogP contribution in [-0.4, -0.2) is 53.0 Å². The Bertz CT molecular complexity index is 544. The van der Waals surface area contributed by atoms with Crippen molar-refractivity contribution in [1.29, 1.82) is 0 Å². The molecule has 3 aliphatic rings. The van der Waals surface area contributed by atoms with E-state index in [1.807, 2.05) is 11.8 Å². The number of urea groups is 1. The van der Waals surface area contributed by atoms with Gasteiger partial charge in [0.25, 0.3) is 0 Å². The summed E-state index contributed by atoms with van der Waals surface area (Å²) >= 11 is 1.74. The highest BCUT2D eigenvalue weighted by Crippen LogP contribution is 2.41. The Kier molecular flexibility index (Phi) is 3.82. The van der Waals surface area contributed by atoms with Gasteiger partial charge in [-0.1, -0.05) is 0 Å². The number of amides is 2. The molecule has 2 amide bonds. The van der Waals surface area contributed by atoms with Gasteiger partial charge in [-0.05, 0) is 32.6 Å². The van der Waals surface area contributed by atoms with Crippen LogP contribution in [0.1, 0.15) is 55.3 Å². The molecule has 1 unspecified atom stereocenters. The van der Waals surface area contributed by atoms with Crippen LogP contribution in [0.25, 0.3) is 0 Å². The van der Waals surface area contributed by atoms with Crippen molar-refractivity contribution >= 4 is 17.4 Å². The zero-order valence-corrected chi connectivity index (χ0v) is 13.9. The fourth-order valence-electron chi connectivity index (χ4n) is 3.10. The highest BCUT2D eigenvalue weighted by Gasteiger charge is 2.32. The first kappa shape index (κ1) is 14.5. The molecule has 1 saturated heterocycles. The first-order chi connectivity index (χ1) is 10.7. The zero-order valence-electron chi connectivity index (χ0n) is 13.1. The van der Waals surface area contributed by atoms with Gasteiger partial charge in [-0.15, -0.1) is 11.3 Å². The summed E-state index contributed by atoms with van der Waals surface area (Å²) in [4.78, 5) is 21.6. The van der Waals surface area contributed by atoms with Crippen LogP contribution in [-0.2, 0) is 0 Å². The van der Waals surface area contributed by atoms with Gasteiger partial charge in [0.15, 0.2) is 0 Å². The first-order valence-corrected chi connectivity index (χ1v) is 9.33. The van der Waals surface area contributed by atoms with Gasteiger partial charge in [-0.25, -0.2) is 9.78 Å². The van der Waals surface area contributed by atoms with E-state index in [9.17, 15) is 4.79 Å². The minimum absolute atomic E-state index is 0.00212. The highest BCUT2D eigenvalue weighted by molar-refractivity contribution is 7.09. The van der Waals surface area contributed by atoms with E-state index in [0.717, 1.165) is 37.9 Å². The molecule has 2 saturated carbocycles. The molecule has 0 aromatic carbocycles. The Morgan fingerprint density at radius 2 is 2.00 bits per heavy atom. The standard InChI is InChI=1S/C16H24N4OS/c1-11(14-10-22-15(18-14)12-2-3-12)17-16(21)20-8-6-19(7-9-20)13-4-5-13/h10-13H,2-9H2,1H3,(H,17,21). The minimum Gasteiger partial charge on any atom is -0.330 e. The average Bonchev–Trinajstić information content (AvgIpc) is 3.46. The second-order valence-corrected chi connectivity index (χ2v) is 7.70. The summed E-state index contributed by atoms with van der Waals surface area (Å²) in [6, 6.07) is 0.863. The third kappa shape index (κ3) is 3.13. The molecule has 6 heteroatoms. The number of hydrogen-bond acceptors (Lipinski definition) is 4. The van der Waals surface area contributed by atoms with E-state index in [-0.39, 0.29) is 12.1 Å². The van der Waals surface area contributed by atoms with Crippen molar-refractivity contribution in [2.45, 2.75) is 50.6 Å². The van der Waals surface area contributed by atoms with Gasteiger partial charge in [0.1, 0.15) is 0 Å². The van der Waals surface area contributed by atoms with Crippen LogP contribution < -0.4 is 5.32 Å². The molecule has 0 radical (unpaired) electrons. The van der Waals surface area contributed by atoms with Crippen molar-refractivity contribution in [2.24, 2.45) is 0 Å². The minimum atomic E-state index is -0.00212. The van der Waals surface area contributed by atoms with Gasteiger partial charge in [0.05, 0.1) is 16.7 Å². The summed E-state index contributed by atoms with van der Waals surface area (Å²) in [5.74, 6) is 0.692. The molecule has 1 aromatic rings. The maximum atomic E-state index is 12.4. The summed E-state index contributed by atoms with van der Waals surface area (Å²) in [5.41, 5.74) is 1.01. The van der Waals surface area contributed by atoms with Crippen LogP contribution in [0.4, 0.5) is 4.79 Å². The van der Waals surface area contributed by atoms with E-state index < -0.39 is 0 Å². The summed E-state index contributed by atoms with van der Waals surface area (Å²) in [6.45, 7) is 5.77. The largest absolute Gasteiger partial charge is 0.330 e. The zero-order chi connectivity index (χ0) is 15.1. The molecular weight excluding hydrogens is 296 g/mol. The van der Waals surface area contributed by atoms with Gasteiger partial charge < -0.3 is 10.2 Å². The number of nitrogens with zero attached hydrogens (tertiary/aromatic N) is 3. The predicted octanol–water partition coefficient (Wildman–Crippen LogP) is 2.57. The smallest absolute Gasteiger partial charge is 0.318 e. The van der Waals surface area contributed by atoms with Crippen LogP contribution in [0.2, 0.25) is 0 Å². The lowest BCUT2D eigenvalue weighted by atomic mass is 10.2. The molecule has 22 heavy (non-hydrogen) atoms. The molecule has 1 N–H and O–H groups in total. The Hall–Kier alpha value is -1.14. The molecule has 3 fully saturated rings. The van der Waals surface area contributed by atoms with E-state index in [1.54, 1.807) is 11.3 Å². The Morgan fingerprint density at radius 3 is 2.64 bits per heavy atom. The number of aromatic nitrogens is 1. The summed E-state index contributed by atoms with van der Waals surface area (Å²) in [6.07, 6.45) is 5.24. The molecule has 1 aliphatic heterocycles. The van der Waals surface area contributed by atoms with Crippen molar-refractivity contribution in [3.63, 3.8) is 0 Å². The van der Waals surface area contributed by atoms with E-state index in [2.05, 4.69) is 15.6 Å². The second-order valence-electron chi connectivity index (χ2n) is 6.81. The monoisotopic (exact) mass is 320 g/mol. The molecule has 0 bridgehead atoms. The number of thiazole rings is 1. The van der Waals surface area contributed by atoms with Crippen molar-refractivity contribution < 1.29 is 4.79 Å². The van der Waals surface area contributed by atoms with Crippen LogP contribution in [0.5, 0.6) is 0 Å². The molecule has 1 atom stereocenters. The molecule has 0 spiro atoms. The molecule has 2 heterocycles. The van der Waals surface area contributed by atoms with Gasteiger partial charge in [-0.3, -0.25) is 4.90 Å². The van der Waals surface area contributed by atoms with Gasteiger partial charge >= 0.3 is 6.03 Å². The maximum Gasteiger partial charge on any atom is 0.318 e. The van der Waals surface area contributed by atoms with Crippen LogP contribution >= 0.6 is 11.3 Å². The second kappa shape index (κ2) is 5.81. The number of hydrogen-bond donors (Lipinski definition) is 1. The Balaban J connectivity index is 1.29. The molecule has 1 aromatic heterocycles. The SMILES string of the molecule is CC(NC(=O)N1CCN(C2CC2)CC1)c1csc(C2CC2)n1. The van der Waals surface area contributed by atoms with Gasteiger partial charge in [-0.2, -0.15) is 0 Å². The van der Waals surface area contributed by atoms with Crippen molar-refractivity contribution in [3.8, 4) is 0 Å². The molecule has 5 nitrogen and oxygen atoms in total. The maximum absolute atomic E-state index is 12.4.